The molecule has 1 aromatic heterocycles. The average Bonchev–Trinajstić information content (AvgIpc) is 2.61. The fourth-order valence-corrected chi connectivity index (χ4v) is 2.18. The van der Waals surface area contributed by atoms with E-state index in [0.29, 0.717) is 11.6 Å². The van der Waals surface area contributed by atoms with Crippen LogP contribution in [0.25, 0.3) is 0 Å². The number of likely N-dealkylation sites (tertiary alicyclic amines) is 1. The van der Waals surface area contributed by atoms with E-state index >= 15 is 0 Å². The lowest BCUT2D eigenvalue weighted by molar-refractivity contribution is 0.0731. The van der Waals surface area contributed by atoms with Crippen LogP contribution in [0, 0.1) is 11.8 Å². The summed E-state index contributed by atoms with van der Waals surface area (Å²) in [5, 5.41) is 7.66. The predicted octanol–water partition coefficient (Wildman–Crippen LogP) is 0.678. The quantitative estimate of drug-likeness (QED) is 0.687. The Balaban J connectivity index is 1.74. The lowest BCUT2D eigenvalue weighted by atomic mass is 9.99. The summed E-state index contributed by atoms with van der Waals surface area (Å²) in [5.41, 5.74) is 0.415. The summed E-state index contributed by atoms with van der Waals surface area (Å²) in [6.07, 6.45) is 2.44. The SMILES string of the molecule is CC(C)CN1CC(Cn2cc(C=O)nn2)C1. The van der Waals surface area contributed by atoms with Gasteiger partial charge in [0.1, 0.15) is 5.69 Å². The minimum Gasteiger partial charge on any atom is -0.302 e. The Morgan fingerprint density at radius 2 is 2.31 bits per heavy atom. The summed E-state index contributed by atoms with van der Waals surface area (Å²) in [6, 6.07) is 0. The van der Waals surface area contributed by atoms with E-state index in [1.54, 1.807) is 10.9 Å². The lowest BCUT2D eigenvalue weighted by Gasteiger charge is -2.40. The third-order valence-electron chi connectivity index (χ3n) is 2.78. The Kier molecular flexibility index (Phi) is 3.33. The van der Waals surface area contributed by atoms with Crippen molar-refractivity contribution in [1.82, 2.24) is 19.9 Å². The van der Waals surface area contributed by atoms with Crippen LogP contribution in [0.2, 0.25) is 0 Å². The number of aromatic nitrogens is 3. The van der Waals surface area contributed by atoms with Crippen molar-refractivity contribution in [3.8, 4) is 0 Å². The molecule has 0 aliphatic carbocycles. The molecule has 88 valence electrons. The summed E-state index contributed by atoms with van der Waals surface area (Å²) in [7, 11) is 0. The van der Waals surface area contributed by atoms with Crippen molar-refractivity contribution in [2.24, 2.45) is 11.8 Å². The van der Waals surface area contributed by atoms with Crippen LogP contribution in [0.3, 0.4) is 0 Å². The summed E-state index contributed by atoms with van der Waals surface area (Å²) >= 11 is 0. The molecule has 2 rings (SSSR count). The van der Waals surface area contributed by atoms with E-state index in [0.717, 1.165) is 31.8 Å². The van der Waals surface area contributed by atoms with E-state index < -0.39 is 0 Å². The second-order valence-corrected chi connectivity index (χ2v) is 4.96. The second-order valence-electron chi connectivity index (χ2n) is 4.96. The van der Waals surface area contributed by atoms with E-state index in [9.17, 15) is 4.79 Å². The number of carbonyl (C=O) groups is 1. The first-order chi connectivity index (χ1) is 7.67. The molecule has 0 bridgehead atoms. The van der Waals surface area contributed by atoms with Gasteiger partial charge in [0.25, 0.3) is 0 Å². The van der Waals surface area contributed by atoms with Gasteiger partial charge in [0.2, 0.25) is 0 Å². The smallest absolute Gasteiger partial charge is 0.171 e. The van der Waals surface area contributed by atoms with Crippen molar-refractivity contribution in [2.75, 3.05) is 19.6 Å². The predicted molar refractivity (Wildman–Crippen MR) is 60.2 cm³/mol. The van der Waals surface area contributed by atoms with Gasteiger partial charge < -0.3 is 4.90 Å². The first-order valence-corrected chi connectivity index (χ1v) is 5.75. The first kappa shape index (κ1) is 11.3. The average molecular weight is 222 g/mol. The Bertz CT molecular complexity index is 355. The highest BCUT2D eigenvalue weighted by Gasteiger charge is 2.27. The molecule has 16 heavy (non-hydrogen) atoms. The van der Waals surface area contributed by atoms with Crippen LogP contribution >= 0.6 is 0 Å². The summed E-state index contributed by atoms with van der Waals surface area (Å²) in [5.74, 6) is 1.38. The summed E-state index contributed by atoms with van der Waals surface area (Å²) in [6.45, 7) is 8.79. The first-order valence-electron chi connectivity index (χ1n) is 5.75. The second kappa shape index (κ2) is 4.74. The topological polar surface area (TPSA) is 51.0 Å². The van der Waals surface area contributed by atoms with Gasteiger partial charge in [-0.2, -0.15) is 0 Å². The van der Waals surface area contributed by atoms with E-state index in [4.69, 9.17) is 0 Å². The number of nitrogens with zero attached hydrogens (tertiary/aromatic N) is 4. The molecule has 1 aromatic rings. The Hall–Kier alpha value is -1.23. The zero-order chi connectivity index (χ0) is 11.5. The molecule has 0 N–H and O–H groups in total. The number of carbonyl (C=O) groups excluding carboxylic acids is 1. The lowest BCUT2D eigenvalue weighted by Crippen LogP contribution is -2.49. The van der Waals surface area contributed by atoms with Crippen LogP contribution in [0.15, 0.2) is 6.20 Å². The zero-order valence-corrected chi connectivity index (χ0v) is 9.83. The van der Waals surface area contributed by atoms with Gasteiger partial charge in [0, 0.05) is 32.1 Å². The van der Waals surface area contributed by atoms with Crippen LogP contribution in [-0.2, 0) is 6.54 Å². The minimum absolute atomic E-state index is 0.415. The highest BCUT2D eigenvalue weighted by Crippen LogP contribution is 2.18. The molecule has 1 aliphatic rings. The van der Waals surface area contributed by atoms with Gasteiger partial charge in [0.15, 0.2) is 6.29 Å². The molecule has 1 aliphatic heterocycles. The molecule has 1 saturated heterocycles. The van der Waals surface area contributed by atoms with Gasteiger partial charge in [-0.25, -0.2) is 0 Å². The van der Waals surface area contributed by atoms with Crippen molar-refractivity contribution >= 4 is 6.29 Å². The van der Waals surface area contributed by atoms with Gasteiger partial charge in [-0.1, -0.05) is 19.1 Å². The maximum absolute atomic E-state index is 10.4. The number of aldehydes is 1. The van der Waals surface area contributed by atoms with Gasteiger partial charge in [-0.05, 0) is 5.92 Å². The van der Waals surface area contributed by atoms with Crippen molar-refractivity contribution in [2.45, 2.75) is 20.4 Å². The van der Waals surface area contributed by atoms with E-state index in [2.05, 4.69) is 29.1 Å². The van der Waals surface area contributed by atoms with Crippen molar-refractivity contribution in [3.05, 3.63) is 11.9 Å². The molecule has 5 heteroatoms. The Morgan fingerprint density at radius 1 is 1.56 bits per heavy atom. The molecule has 0 radical (unpaired) electrons. The monoisotopic (exact) mass is 222 g/mol. The molecule has 0 amide bonds. The summed E-state index contributed by atoms with van der Waals surface area (Å²) in [4.78, 5) is 12.9. The third-order valence-corrected chi connectivity index (χ3v) is 2.78. The van der Waals surface area contributed by atoms with Gasteiger partial charge in [-0.3, -0.25) is 9.48 Å². The minimum atomic E-state index is 0.415. The third kappa shape index (κ3) is 2.66. The number of hydrogen-bond acceptors (Lipinski definition) is 4. The van der Waals surface area contributed by atoms with Crippen molar-refractivity contribution in [1.29, 1.82) is 0 Å². The van der Waals surface area contributed by atoms with Gasteiger partial charge >= 0.3 is 0 Å². The molecule has 0 spiro atoms. The molecule has 1 fully saturated rings. The van der Waals surface area contributed by atoms with Crippen LogP contribution in [-0.4, -0.2) is 45.8 Å². The number of rotatable bonds is 5. The maximum atomic E-state index is 10.4. The van der Waals surface area contributed by atoms with E-state index in [1.165, 1.54) is 6.54 Å². The van der Waals surface area contributed by atoms with E-state index in [1.807, 2.05) is 0 Å². The van der Waals surface area contributed by atoms with Crippen LogP contribution in [0.1, 0.15) is 24.3 Å². The van der Waals surface area contributed by atoms with Gasteiger partial charge in [-0.15, -0.1) is 5.10 Å². The molecule has 0 unspecified atom stereocenters. The molecule has 0 aromatic carbocycles. The van der Waals surface area contributed by atoms with Crippen molar-refractivity contribution < 1.29 is 4.79 Å². The Labute approximate surface area is 95.4 Å². The standard InChI is InChI=1S/C11H18N4O/c1-9(2)3-14-4-10(5-14)6-15-7-11(8-16)12-13-15/h7-10H,3-6H2,1-2H3. The summed E-state index contributed by atoms with van der Waals surface area (Å²) < 4.78 is 1.76. The maximum Gasteiger partial charge on any atom is 0.171 e. The normalized spacial score (nSPS) is 17.7. The highest BCUT2D eigenvalue weighted by atomic mass is 16.1. The molecular weight excluding hydrogens is 204 g/mol. The van der Waals surface area contributed by atoms with Crippen LogP contribution < -0.4 is 0 Å². The van der Waals surface area contributed by atoms with Gasteiger partial charge in [0.05, 0.1) is 6.20 Å². The highest BCUT2D eigenvalue weighted by molar-refractivity contribution is 5.70. The van der Waals surface area contributed by atoms with Crippen LogP contribution in [0.5, 0.6) is 0 Å². The molecule has 0 atom stereocenters. The molecule has 5 nitrogen and oxygen atoms in total. The zero-order valence-electron chi connectivity index (χ0n) is 9.83. The fraction of sp³-hybridized carbons (Fsp3) is 0.727. The van der Waals surface area contributed by atoms with Crippen molar-refractivity contribution in [3.63, 3.8) is 0 Å². The molecular formula is C11H18N4O. The van der Waals surface area contributed by atoms with E-state index in [-0.39, 0.29) is 0 Å². The largest absolute Gasteiger partial charge is 0.302 e. The molecule has 0 saturated carbocycles. The van der Waals surface area contributed by atoms with Crippen LogP contribution in [0.4, 0.5) is 0 Å². The molecule has 2 heterocycles. The number of hydrogen-bond donors (Lipinski definition) is 0. The Morgan fingerprint density at radius 3 is 2.88 bits per heavy atom. The fourth-order valence-electron chi connectivity index (χ4n) is 2.18.